The fraction of sp³-hybridized carbons (Fsp3) is 0.227. The Morgan fingerprint density at radius 3 is 2.73 bits per heavy atom. The van der Waals surface area contributed by atoms with Gasteiger partial charge in [0.05, 0.1) is 25.8 Å². The molecule has 4 rings (SSSR count). The Balaban J connectivity index is 1.64. The molecule has 154 valence electrons. The lowest BCUT2D eigenvalue weighted by molar-refractivity contribution is -0.136. The van der Waals surface area contributed by atoms with E-state index in [1.807, 2.05) is 31.2 Å². The average molecular weight is 407 g/mol. The second-order valence-corrected chi connectivity index (χ2v) is 6.99. The zero-order valence-electron chi connectivity index (χ0n) is 16.6. The molecule has 0 unspecified atom stereocenters. The van der Waals surface area contributed by atoms with Gasteiger partial charge in [-0.2, -0.15) is 0 Å². The number of aliphatic hydroxyl groups is 1. The number of amides is 1. The van der Waals surface area contributed by atoms with Crippen molar-refractivity contribution >= 4 is 28.7 Å². The van der Waals surface area contributed by atoms with Gasteiger partial charge in [-0.05, 0) is 37.3 Å². The fourth-order valence-corrected chi connectivity index (χ4v) is 3.32. The van der Waals surface area contributed by atoms with E-state index < -0.39 is 5.97 Å². The number of nitrogens with one attached hydrogen (secondary N) is 1. The number of fused-ring (bicyclic) bond motifs is 1. The van der Waals surface area contributed by atoms with Crippen molar-refractivity contribution in [1.82, 2.24) is 9.88 Å². The largest absolute Gasteiger partial charge is 0.466 e. The van der Waals surface area contributed by atoms with Crippen LogP contribution in [-0.2, 0) is 14.3 Å². The van der Waals surface area contributed by atoms with Gasteiger partial charge in [0, 0.05) is 17.8 Å². The first kappa shape index (κ1) is 19.7. The highest BCUT2D eigenvalue weighted by atomic mass is 16.5. The van der Waals surface area contributed by atoms with E-state index in [4.69, 9.17) is 14.3 Å². The summed E-state index contributed by atoms with van der Waals surface area (Å²) >= 11 is 0. The quantitative estimate of drug-likeness (QED) is 0.605. The monoisotopic (exact) mass is 407 g/mol. The molecule has 1 aromatic heterocycles. The van der Waals surface area contributed by atoms with Crippen LogP contribution in [-0.4, -0.2) is 53.7 Å². The van der Waals surface area contributed by atoms with Gasteiger partial charge in [0.15, 0.2) is 5.58 Å². The molecule has 0 spiro atoms. The average Bonchev–Trinajstić information content (AvgIpc) is 3.30. The molecule has 0 fully saturated rings. The molecule has 0 aliphatic carbocycles. The van der Waals surface area contributed by atoms with Crippen LogP contribution in [0, 0.1) is 6.92 Å². The molecular formula is C22H21N3O5. The Morgan fingerprint density at radius 1 is 1.27 bits per heavy atom. The predicted molar refractivity (Wildman–Crippen MR) is 111 cm³/mol. The molecular weight excluding hydrogens is 386 g/mol. The zero-order chi connectivity index (χ0) is 21.3. The van der Waals surface area contributed by atoms with Crippen LogP contribution >= 0.6 is 0 Å². The van der Waals surface area contributed by atoms with E-state index >= 15 is 0 Å². The molecule has 3 aromatic rings. The highest BCUT2D eigenvalue weighted by Gasteiger charge is 2.34. The van der Waals surface area contributed by atoms with Crippen LogP contribution < -0.4 is 5.32 Å². The number of aromatic nitrogens is 1. The Labute approximate surface area is 172 Å². The summed E-state index contributed by atoms with van der Waals surface area (Å²) in [7, 11) is 1.26. The number of nitrogens with zero attached hydrogens (tertiary/aromatic N) is 2. The second-order valence-electron chi connectivity index (χ2n) is 6.99. The summed E-state index contributed by atoms with van der Waals surface area (Å²) in [4.78, 5) is 30.7. The maximum Gasteiger partial charge on any atom is 0.337 e. The lowest BCUT2D eigenvalue weighted by atomic mass is 10.1. The summed E-state index contributed by atoms with van der Waals surface area (Å²) in [6.07, 6.45) is 0. The number of hydrogen-bond acceptors (Lipinski definition) is 7. The number of ether oxygens (including phenoxy) is 1. The van der Waals surface area contributed by atoms with E-state index in [0.717, 1.165) is 11.1 Å². The van der Waals surface area contributed by atoms with E-state index in [1.165, 1.54) is 12.0 Å². The van der Waals surface area contributed by atoms with Gasteiger partial charge in [-0.25, -0.2) is 9.78 Å². The first-order chi connectivity index (χ1) is 14.5. The van der Waals surface area contributed by atoms with Crippen LogP contribution in [0.3, 0.4) is 0 Å². The lowest BCUT2D eigenvalue weighted by Crippen LogP contribution is -2.31. The molecule has 2 N–H and O–H groups in total. The van der Waals surface area contributed by atoms with Crippen LogP contribution in [0.25, 0.3) is 22.6 Å². The number of oxazole rings is 1. The Bertz CT molecular complexity index is 1150. The molecule has 30 heavy (non-hydrogen) atoms. The van der Waals surface area contributed by atoms with Gasteiger partial charge in [0.1, 0.15) is 11.2 Å². The zero-order valence-corrected chi connectivity index (χ0v) is 16.6. The minimum atomic E-state index is -0.588. The van der Waals surface area contributed by atoms with Crippen molar-refractivity contribution in [2.45, 2.75) is 6.92 Å². The number of carbonyl (C=O) groups excluding carboxylic acids is 2. The topological polar surface area (TPSA) is 105 Å². The predicted octanol–water partition coefficient (Wildman–Crippen LogP) is 2.48. The van der Waals surface area contributed by atoms with Crippen LogP contribution in [0.5, 0.6) is 0 Å². The third kappa shape index (κ3) is 3.65. The van der Waals surface area contributed by atoms with E-state index in [1.54, 1.807) is 18.2 Å². The van der Waals surface area contributed by atoms with Crippen molar-refractivity contribution in [2.24, 2.45) is 0 Å². The van der Waals surface area contributed by atoms with Crippen molar-refractivity contribution < 1.29 is 23.8 Å². The molecule has 0 bridgehead atoms. The van der Waals surface area contributed by atoms with E-state index in [9.17, 15) is 9.59 Å². The summed E-state index contributed by atoms with van der Waals surface area (Å²) in [5.74, 6) is -0.455. The molecule has 0 saturated heterocycles. The molecule has 0 saturated carbocycles. The standard InChI is InChI=1S/C22H21N3O5/c1-13-3-5-14(6-4-13)20-24-17-11-15(7-8-18(17)30-20)23-19-16(22(28)29-2)12-25(9-10-26)21(19)27/h3-8,11,23,26H,9-10,12H2,1-2H3. The van der Waals surface area contributed by atoms with Crippen LogP contribution in [0.2, 0.25) is 0 Å². The van der Waals surface area contributed by atoms with Crippen LogP contribution in [0.4, 0.5) is 5.69 Å². The highest BCUT2D eigenvalue weighted by Crippen LogP contribution is 2.28. The molecule has 1 aliphatic heterocycles. The molecule has 1 aliphatic rings. The summed E-state index contributed by atoms with van der Waals surface area (Å²) in [5, 5.41) is 12.2. The minimum absolute atomic E-state index is 0.0815. The van der Waals surface area contributed by atoms with Gasteiger partial charge in [-0.15, -0.1) is 0 Å². The molecule has 2 heterocycles. The lowest BCUT2D eigenvalue weighted by Gasteiger charge is -2.14. The summed E-state index contributed by atoms with van der Waals surface area (Å²) < 4.78 is 10.6. The molecule has 8 heteroatoms. The Hall–Kier alpha value is -3.65. The van der Waals surface area contributed by atoms with E-state index in [2.05, 4.69) is 10.3 Å². The number of esters is 1. The number of hydrogen-bond donors (Lipinski definition) is 2. The van der Waals surface area contributed by atoms with Gasteiger partial charge in [-0.1, -0.05) is 17.7 Å². The number of anilines is 1. The van der Waals surface area contributed by atoms with Crippen molar-refractivity contribution in [3.63, 3.8) is 0 Å². The van der Waals surface area contributed by atoms with Gasteiger partial charge in [0.25, 0.3) is 5.91 Å². The molecule has 8 nitrogen and oxygen atoms in total. The number of rotatable bonds is 6. The third-order valence-corrected chi connectivity index (χ3v) is 4.91. The smallest absolute Gasteiger partial charge is 0.337 e. The van der Waals surface area contributed by atoms with Gasteiger partial charge in [-0.3, -0.25) is 4.79 Å². The number of methoxy groups -OCH3 is 1. The SMILES string of the molecule is COC(=O)C1=C(Nc2ccc3oc(-c4ccc(C)cc4)nc3c2)C(=O)N(CCO)C1. The number of aliphatic hydroxyl groups excluding tert-OH is 1. The minimum Gasteiger partial charge on any atom is -0.466 e. The van der Waals surface area contributed by atoms with Gasteiger partial charge in [0.2, 0.25) is 5.89 Å². The Kier molecular flexibility index (Phi) is 5.24. The van der Waals surface area contributed by atoms with Crippen molar-refractivity contribution in [3.8, 4) is 11.5 Å². The summed E-state index contributed by atoms with van der Waals surface area (Å²) in [5.41, 5.74) is 4.18. The first-order valence-corrected chi connectivity index (χ1v) is 9.46. The molecule has 0 atom stereocenters. The van der Waals surface area contributed by atoms with Crippen molar-refractivity contribution in [2.75, 3.05) is 32.1 Å². The van der Waals surface area contributed by atoms with E-state index in [-0.39, 0.29) is 36.9 Å². The molecule has 1 amide bonds. The normalized spacial score (nSPS) is 14.0. The second kappa shape index (κ2) is 8.00. The maximum absolute atomic E-state index is 12.7. The van der Waals surface area contributed by atoms with Crippen LogP contribution in [0.1, 0.15) is 5.56 Å². The summed E-state index contributed by atoms with van der Waals surface area (Å²) in [6, 6.07) is 13.1. The first-order valence-electron chi connectivity index (χ1n) is 9.46. The van der Waals surface area contributed by atoms with Crippen LogP contribution in [0.15, 0.2) is 58.2 Å². The molecule has 0 radical (unpaired) electrons. The number of β-amino-alcohol motifs (C(OH)–C–C–N with tert-alkyl or cyclic N) is 1. The third-order valence-electron chi connectivity index (χ3n) is 4.91. The van der Waals surface area contributed by atoms with Crippen molar-refractivity contribution in [1.29, 1.82) is 0 Å². The maximum atomic E-state index is 12.7. The molecule has 2 aromatic carbocycles. The number of benzene rings is 2. The fourth-order valence-electron chi connectivity index (χ4n) is 3.32. The van der Waals surface area contributed by atoms with Crippen molar-refractivity contribution in [3.05, 3.63) is 59.3 Å². The van der Waals surface area contributed by atoms with Gasteiger partial charge < -0.3 is 24.5 Å². The summed E-state index contributed by atoms with van der Waals surface area (Å²) in [6.45, 7) is 2.03. The van der Waals surface area contributed by atoms with Gasteiger partial charge >= 0.3 is 5.97 Å². The number of carbonyl (C=O) groups is 2. The highest BCUT2D eigenvalue weighted by molar-refractivity contribution is 6.08. The van der Waals surface area contributed by atoms with E-state index in [0.29, 0.717) is 22.7 Å². The Morgan fingerprint density at radius 2 is 2.03 bits per heavy atom. The number of aryl methyl sites for hydroxylation is 1.